The third-order valence-corrected chi connectivity index (χ3v) is 2.33. The van der Waals surface area contributed by atoms with E-state index in [1.165, 1.54) is 12.1 Å². The smallest absolute Gasteiger partial charge is 0.338 e. The van der Waals surface area contributed by atoms with Crippen LogP contribution in [-0.4, -0.2) is 17.7 Å². The van der Waals surface area contributed by atoms with Crippen molar-refractivity contribution in [3.8, 4) is 0 Å². The van der Waals surface area contributed by atoms with Gasteiger partial charge < -0.3 is 9.47 Å². The molecule has 1 aliphatic heterocycles. The number of benzene rings is 1. The molecule has 92 valence electrons. The Kier molecular flexibility index (Phi) is 2.91. The lowest BCUT2D eigenvalue weighted by Gasteiger charge is -2.18. The number of epoxide rings is 1. The third kappa shape index (κ3) is 3.03. The van der Waals surface area contributed by atoms with E-state index in [-0.39, 0.29) is 17.9 Å². The number of rotatable bonds is 2. The highest BCUT2D eigenvalue weighted by Gasteiger charge is 2.48. The molecule has 1 heterocycles. The van der Waals surface area contributed by atoms with Crippen molar-refractivity contribution < 1.29 is 18.7 Å². The van der Waals surface area contributed by atoms with Crippen LogP contribution in [0.15, 0.2) is 24.3 Å². The van der Waals surface area contributed by atoms with Gasteiger partial charge in [0.05, 0.1) is 0 Å². The second-order valence-corrected chi connectivity index (χ2v) is 5.06. The summed E-state index contributed by atoms with van der Waals surface area (Å²) in [5.41, 5.74) is 0.276. The van der Waals surface area contributed by atoms with E-state index in [4.69, 9.17) is 9.47 Å². The fraction of sp³-hybridized carbons (Fsp3) is 0.462. The number of hydrogen-bond acceptors (Lipinski definition) is 3. The first-order valence-electron chi connectivity index (χ1n) is 5.50. The van der Waals surface area contributed by atoms with Gasteiger partial charge in [0.1, 0.15) is 17.5 Å². The van der Waals surface area contributed by atoms with E-state index in [0.717, 1.165) is 5.56 Å². The molecule has 17 heavy (non-hydrogen) atoms. The first-order chi connectivity index (χ1) is 7.87. The summed E-state index contributed by atoms with van der Waals surface area (Å²) in [5.74, 6) is -0.671. The van der Waals surface area contributed by atoms with Gasteiger partial charge in [0.15, 0.2) is 6.10 Å². The van der Waals surface area contributed by atoms with Crippen molar-refractivity contribution in [1.29, 1.82) is 0 Å². The molecule has 0 radical (unpaired) electrons. The Morgan fingerprint density at radius 3 is 2.41 bits per heavy atom. The zero-order valence-corrected chi connectivity index (χ0v) is 10.1. The minimum Gasteiger partial charge on any atom is -0.458 e. The summed E-state index contributed by atoms with van der Waals surface area (Å²) in [6, 6.07) is 5.93. The monoisotopic (exact) mass is 238 g/mol. The highest BCUT2D eigenvalue weighted by Crippen LogP contribution is 2.39. The Labute approximate surface area is 99.5 Å². The van der Waals surface area contributed by atoms with Crippen molar-refractivity contribution in [3.63, 3.8) is 0 Å². The topological polar surface area (TPSA) is 38.8 Å². The predicted molar refractivity (Wildman–Crippen MR) is 59.9 cm³/mol. The molecular weight excluding hydrogens is 223 g/mol. The van der Waals surface area contributed by atoms with Crippen molar-refractivity contribution in [1.82, 2.24) is 0 Å². The highest BCUT2D eigenvalue weighted by atomic mass is 19.1. The summed E-state index contributed by atoms with van der Waals surface area (Å²) in [5, 5.41) is 0. The van der Waals surface area contributed by atoms with Crippen molar-refractivity contribution >= 4 is 5.97 Å². The Bertz CT molecular complexity index is 419. The van der Waals surface area contributed by atoms with Gasteiger partial charge in [-0.1, -0.05) is 12.1 Å². The van der Waals surface area contributed by atoms with E-state index in [1.807, 2.05) is 0 Å². The highest BCUT2D eigenvalue weighted by molar-refractivity contribution is 5.78. The zero-order chi connectivity index (χ0) is 12.6. The summed E-state index contributed by atoms with van der Waals surface area (Å²) in [4.78, 5) is 11.7. The molecule has 0 N–H and O–H groups in total. The average Bonchev–Trinajstić information content (AvgIpc) is 2.96. The predicted octanol–water partition coefficient (Wildman–Crippen LogP) is 2.61. The molecule has 3 nitrogen and oxygen atoms in total. The maximum Gasteiger partial charge on any atom is 0.338 e. The molecule has 2 rings (SSSR count). The SMILES string of the molecule is CC(C)(C)OC(=O)C1OC1c1ccc(F)cc1. The van der Waals surface area contributed by atoms with E-state index in [9.17, 15) is 9.18 Å². The van der Waals surface area contributed by atoms with Crippen molar-refractivity contribution in [3.05, 3.63) is 35.6 Å². The summed E-state index contributed by atoms with van der Waals surface area (Å²) >= 11 is 0. The molecule has 1 fully saturated rings. The van der Waals surface area contributed by atoms with Gasteiger partial charge in [-0.2, -0.15) is 0 Å². The molecule has 0 saturated carbocycles. The van der Waals surface area contributed by atoms with Gasteiger partial charge in [-0.05, 0) is 38.5 Å². The summed E-state index contributed by atoms with van der Waals surface area (Å²) in [7, 11) is 0. The fourth-order valence-electron chi connectivity index (χ4n) is 1.56. The molecule has 2 unspecified atom stereocenters. The number of hydrogen-bond donors (Lipinski definition) is 0. The van der Waals surface area contributed by atoms with Crippen molar-refractivity contribution in [2.75, 3.05) is 0 Å². The van der Waals surface area contributed by atoms with Crippen LogP contribution >= 0.6 is 0 Å². The van der Waals surface area contributed by atoms with Gasteiger partial charge >= 0.3 is 5.97 Å². The molecule has 4 heteroatoms. The van der Waals surface area contributed by atoms with Gasteiger partial charge in [-0.3, -0.25) is 0 Å². The van der Waals surface area contributed by atoms with Gasteiger partial charge in [-0.25, -0.2) is 9.18 Å². The minimum atomic E-state index is -0.556. The molecule has 1 aromatic carbocycles. The first kappa shape index (κ1) is 12.0. The van der Waals surface area contributed by atoms with Crippen LogP contribution in [-0.2, 0) is 14.3 Å². The number of halogens is 1. The van der Waals surface area contributed by atoms with Crippen LogP contribution in [0.3, 0.4) is 0 Å². The van der Waals surface area contributed by atoms with Gasteiger partial charge in [0.2, 0.25) is 0 Å². The van der Waals surface area contributed by atoms with Gasteiger partial charge in [0.25, 0.3) is 0 Å². The quantitative estimate of drug-likeness (QED) is 0.587. The van der Waals surface area contributed by atoms with Gasteiger partial charge in [-0.15, -0.1) is 0 Å². The zero-order valence-electron chi connectivity index (χ0n) is 10.1. The number of esters is 1. The van der Waals surface area contributed by atoms with Crippen molar-refractivity contribution in [2.24, 2.45) is 0 Å². The minimum absolute atomic E-state index is 0.301. The van der Waals surface area contributed by atoms with E-state index in [2.05, 4.69) is 0 Å². The van der Waals surface area contributed by atoms with E-state index >= 15 is 0 Å². The number of carbonyl (C=O) groups is 1. The van der Waals surface area contributed by atoms with Crippen LogP contribution in [0.1, 0.15) is 32.4 Å². The molecule has 1 aromatic rings. The molecular formula is C13H15FO3. The summed E-state index contributed by atoms with van der Waals surface area (Å²) in [6.07, 6.45) is -0.856. The fourth-order valence-corrected chi connectivity index (χ4v) is 1.56. The molecule has 0 bridgehead atoms. The largest absolute Gasteiger partial charge is 0.458 e. The summed E-state index contributed by atoms with van der Waals surface area (Å²) < 4.78 is 23.2. The average molecular weight is 238 g/mol. The van der Waals surface area contributed by atoms with Crippen LogP contribution in [0.25, 0.3) is 0 Å². The van der Waals surface area contributed by atoms with Crippen molar-refractivity contribution in [2.45, 2.75) is 38.6 Å². The molecule has 0 aliphatic carbocycles. The van der Waals surface area contributed by atoms with Crippen LogP contribution in [0.5, 0.6) is 0 Å². The number of ether oxygens (including phenoxy) is 2. The lowest BCUT2D eigenvalue weighted by atomic mass is 10.1. The Balaban J connectivity index is 1.96. The van der Waals surface area contributed by atoms with Gasteiger partial charge in [0, 0.05) is 0 Å². The normalized spacial score (nSPS) is 23.3. The second kappa shape index (κ2) is 4.11. The second-order valence-electron chi connectivity index (χ2n) is 5.06. The standard InChI is InChI=1S/C13H15FO3/c1-13(2,3)17-12(15)11-10(16-11)8-4-6-9(14)7-5-8/h4-7,10-11H,1-3H3. The van der Waals surface area contributed by atoms with Crippen LogP contribution < -0.4 is 0 Å². The lowest BCUT2D eigenvalue weighted by Crippen LogP contribution is -2.26. The Morgan fingerprint density at radius 1 is 1.29 bits per heavy atom. The maximum absolute atomic E-state index is 12.7. The van der Waals surface area contributed by atoms with Crippen LogP contribution in [0.4, 0.5) is 4.39 Å². The van der Waals surface area contributed by atoms with E-state index in [1.54, 1.807) is 32.9 Å². The lowest BCUT2D eigenvalue weighted by molar-refractivity contribution is -0.156. The van der Waals surface area contributed by atoms with E-state index in [0.29, 0.717) is 0 Å². The molecule has 1 aliphatic rings. The number of carbonyl (C=O) groups excluding carboxylic acids is 1. The van der Waals surface area contributed by atoms with E-state index < -0.39 is 11.7 Å². The molecule has 0 amide bonds. The maximum atomic E-state index is 12.7. The molecule has 1 saturated heterocycles. The first-order valence-corrected chi connectivity index (χ1v) is 5.50. The Hall–Kier alpha value is -1.42. The molecule has 0 spiro atoms. The van der Waals surface area contributed by atoms with Crippen LogP contribution in [0.2, 0.25) is 0 Å². The Morgan fingerprint density at radius 2 is 1.88 bits per heavy atom. The van der Waals surface area contributed by atoms with Crippen LogP contribution in [0, 0.1) is 5.82 Å². The summed E-state index contributed by atoms with van der Waals surface area (Å²) in [6.45, 7) is 5.42. The molecule has 0 aromatic heterocycles. The molecule has 2 atom stereocenters. The third-order valence-electron chi connectivity index (χ3n) is 2.33.